The molecule has 1 unspecified atom stereocenters. The number of halogens is 2. The van der Waals surface area contributed by atoms with Crippen molar-refractivity contribution in [1.82, 2.24) is 5.32 Å². The largest absolute Gasteiger partial charge is 0.352 e. The molecule has 1 amide bonds. The highest BCUT2D eigenvalue weighted by Crippen LogP contribution is 2.17. The van der Waals surface area contributed by atoms with Crippen molar-refractivity contribution < 1.29 is 4.79 Å². The van der Waals surface area contributed by atoms with Crippen molar-refractivity contribution in [3.63, 3.8) is 0 Å². The highest BCUT2D eigenvalue weighted by atomic mass is 127. The molecule has 1 aromatic heterocycles. The number of nitrogens with one attached hydrogen (secondary N) is 1. The predicted molar refractivity (Wildman–Crippen MR) is 83.1 cm³/mol. The van der Waals surface area contributed by atoms with Crippen LogP contribution in [0, 0.1) is 8.80 Å². The van der Waals surface area contributed by atoms with Crippen molar-refractivity contribution in [2.45, 2.75) is 26.2 Å². The molecule has 0 saturated carbocycles. The van der Waals surface area contributed by atoms with Gasteiger partial charge in [0, 0.05) is 17.8 Å². The fraction of sp³-hybridized carbons (Fsp3) is 0.583. The number of alkyl halides is 1. The van der Waals surface area contributed by atoms with Crippen LogP contribution in [0.3, 0.4) is 0 Å². The Labute approximate surface area is 125 Å². The first kappa shape index (κ1) is 15.2. The van der Waals surface area contributed by atoms with E-state index in [4.69, 9.17) is 11.6 Å². The summed E-state index contributed by atoms with van der Waals surface area (Å²) in [5, 5.41) is 4.88. The summed E-state index contributed by atoms with van der Waals surface area (Å²) in [6.45, 7) is 2.89. The Kier molecular flexibility index (Phi) is 7.46. The summed E-state index contributed by atoms with van der Waals surface area (Å²) in [4.78, 5) is 11.8. The topological polar surface area (TPSA) is 29.1 Å². The fourth-order valence-corrected chi connectivity index (χ4v) is 3.31. The molecule has 0 aliphatic heterocycles. The number of hydrogen-bond donors (Lipinski definition) is 1. The van der Waals surface area contributed by atoms with Gasteiger partial charge < -0.3 is 5.32 Å². The summed E-state index contributed by atoms with van der Waals surface area (Å²) in [6.07, 6.45) is 3.22. The number of thiophene rings is 1. The number of carbonyl (C=O) groups excluding carboxylic acids is 1. The number of hydrogen-bond acceptors (Lipinski definition) is 2. The van der Waals surface area contributed by atoms with Gasteiger partial charge in [0.05, 0.1) is 8.45 Å². The summed E-state index contributed by atoms with van der Waals surface area (Å²) < 4.78 is 1.14. The van der Waals surface area contributed by atoms with Gasteiger partial charge >= 0.3 is 0 Å². The smallest absolute Gasteiger partial charge is 0.252 e. The van der Waals surface area contributed by atoms with Gasteiger partial charge in [-0.3, -0.25) is 4.79 Å². The zero-order valence-corrected chi connectivity index (χ0v) is 13.6. The van der Waals surface area contributed by atoms with Crippen LogP contribution in [0.2, 0.25) is 0 Å². The average Bonchev–Trinajstić information content (AvgIpc) is 2.73. The van der Waals surface area contributed by atoms with Crippen LogP contribution in [0.15, 0.2) is 11.4 Å². The van der Waals surface area contributed by atoms with Crippen LogP contribution in [-0.4, -0.2) is 18.3 Å². The molecule has 5 heteroatoms. The molecule has 1 heterocycles. The molecule has 1 N–H and O–H groups in total. The minimum absolute atomic E-state index is 0.0276. The van der Waals surface area contributed by atoms with E-state index in [9.17, 15) is 4.79 Å². The van der Waals surface area contributed by atoms with Gasteiger partial charge in [-0.2, -0.15) is 0 Å². The molecule has 0 aliphatic rings. The molecule has 17 heavy (non-hydrogen) atoms. The second kappa shape index (κ2) is 8.32. The number of amides is 1. The van der Waals surface area contributed by atoms with Crippen molar-refractivity contribution in [1.29, 1.82) is 0 Å². The van der Waals surface area contributed by atoms with Crippen molar-refractivity contribution in [2.75, 3.05) is 12.4 Å². The SMILES string of the molecule is CCCC(CCCl)CNC(=O)c1csc(I)c1. The van der Waals surface area contributed by atoms with E-state index in [1.165, 1.54) is 0 Å². The summed E-state index contributed by atoms with van der Waals surface area (Å²) in [6, 6.07) is 1.91. The van der Waals surface area contributed by atoms with Gasteiger partial charge in [-0.05, 0) is 47.4 Å². The standard InChI is InChI=1S/C12H17ClINOS/c1-2-3-9(4-5-13)7-15-12(16)10-6-11(14)17-8-10/h6,8-9H,2-5,7H2,1H3,(H,15,16). The third kappa shape index (κ3) is 5.57. The van der Waals surface area contributed by atoms with E-state index in [-0.39, 0.29) is 5.91 Å². The van der Waals surface area contributed by atoms with Crippen molar-refractivity contribution in [3.05, 3.63) is 19.9 Å². The van der Waals surface area contributed by atoms with Crippen LogP contribution in [0.5, 0.6) is 0 Å². The number of carbonyl (C=O) groups is 1. The Balaban J connectivity index is 2.40. The van der Waals surface area contributed by atoms with Crippen molar-refractivity contribution in [2.24, 2.45) is 5.92 Å². The fourth-order valence-electron chi connectivity index (χ4n) is 1.68. The van der Waals surface area contributed by atoms with Crippen molar-refractivity contribution in [3.8, 4) is 0 Å². The molecular formula is C12H17ClINOS. The lowest BCUT2D eigenvalue weighted by molar-refractivity contribution is 0.0946. The first-order chi connectivity index (χ1) is 8.17. The molecule has 96 valence electrons. The van der Waals surface area contributed by atoms with Gasteiger partial charge in [0.1, 0.15) is 0 Å². The summed E-state index contributed by atoms with van der Waals surface area (Å²) in [7, 11) is 0. The molecule has 1 aromatic rings. The summed E-state index contributed by atoms with van der Waals surface area (Å²) in [5.41, 5.74) is 0.764. The van der Waals surface area contributed by atoms with Crippen LogP contribution >= 0.6 is 45.5 Å². The highest BCUT2D eigenvalue weighted by Gasteiger charge is 2.11. The Hall–Kier alpha value is 0.190. The Morgan fingerprint density at radius 2 is 2.35 bits per heavy atom. The van der Waals surface area contributed by atoms with E-state index in [0.29, 0.717) is 11.8 Å². The number of rotatable bonds is 7. The lowest BCUT2D eigenvalue weighted by Gasteiger charge is -2.15. The first-order valence-corrected chi connectivity index (χ1v) is 8.24. The van der Waals surface area contributed by atoms with E-state index in [1.54, 1.807) is 11.3 Å². The Bertz CT molecular complexity index is 350. The lowest BCUT2D eigenvalue weighted by atomic mass is 10.0. The van der Waals surface area contributed by atoms with E-state index in [1.807, 2.05) is 11.4 Å². The molecule has 1 rings (SSSR count). The molecule has 0 aliphatic carbocycles. The molecule has 2 nitrogen and oxygen atoms in total. The van der Waals surface area contributed by atoms with Gasteiger partial charge in [0.2, 0.25) is 0 Å². The molecule has 0 bridgehead atoms. The monoisotopic (exact) mass is 385 g/mol. The van der Waals surface area contributed by atoms with E-state index in [2.05, 4.69) is 34.8 Å². The first-order valence-electron chi connectivity index (χ1n) is 5.75. The maximum atomic E-state index is 11.8. The van der Waals surface area contributed by atoms with Crippen LogP contribution in [0.4, 0.5) is 0 Å². The lowest BCUT2D eigenvalue weighted by Crippen LogP contribution is -2.29. The average molecular weight is 386 g/mol. The summed E-state index contributed by atoms with van der Waals surface area (Å²) >= 11 is 9.57. The zero-order valence-electron chi connectivity index (χ0n) is 9.84. The maximum absolute atomic E-state index is 11.8. The molecule has 0 saturated heterocycles. The second-order valence-electron chi connectivity index (χ2n) is 3.98. The second-order valence-corrected chi connectivity index (χ2v) is 7.17. The van der Waals surface area contributed by atoms with Crippen LogP contribution < -0.4 is 5.32 Å². The molecule has 1 atom stereocenters. The van der Waals surface area contributed by atoms with Gasteiger partial charge in [-0.15, -0.1) is 22.9 Å². The Morgan fingerprint density at radius 3 is 2.88 bits per heavy atom. The van der Waals surface area contributed by atoms with Gasteiger partial charge in [-0.25, -0.2) is 0 Å². The van der Waals surface area contributed by atoms with E-state index < -0.39 is 0 Å². The predicted octanol–water partition coefficient (Wildman–Crippen LogP) is 4.13. The zero-order chi connectivity index (χ0) is 12.7. The quantitative estimate of drug-likeness (QED) is 0.555. The Morgan fingerprint density at radius 1 is 1.59 bits per heavy atom. The van der Waals surface area contributed by atoms with Gasteiger partial charge in [0.15, 0.2) is 0 Å². The molecule has 0 fully saturated rings. The third-order valence-electron chi connectivity index (χ3n) is 2.60. The van der Waals surface area contributed by atoms with Crippen LogP contribution in [0.25, 0.3) is 0 Å². The van der Waals surface area contributed by atoms with Crippen molar-refractivity contribution >= 4 is 51.4 Å². The van der Waals surface area contributed by atoms with Crippen LogP contribution in [-0.2, 0) is 0 Å². The molecule has 0 radical (unpaired) electrons. The molecular weight excluding hydrogens is 369 g/mol. The van der Waals surface area contributed by atoms with E-state index >= 15 is 0 Å². The third-order valence-corrected chi connectivity index (χ3v) is 4.60. The minimum Gasteiger partial charge on any atom is -0.352 e. The van der Waals surface area contributed by atoms with Crippen LogP contribution in [0.1, 0.15) is 36.5 Å². The normalized spacial score (nSPS) is 12.4. The highest BCUT2D eigenvalue weighted by molar-refractivity contribution is 14.1. The van der Waals surface area contributed by atoms with Gasteiger partial charge in [-0.1, -0.05) is 13.3 Å². The maximum Gasteiger partial charge on any atom is 0.252 e. The van der Waals surface area contributed by atoms with Gasteiger partial charge in [0.25, 0.3) is 5.91 Å². The summed E-state index contributed by atoms with van der Waals surface area (Å²) in [5.74, 6) is 1.19. The minimum atomic E-state index is 0.0276. The molecule has 0 aromatic carbocycles. The molecule has 0 spiro atoms. The van der Waals surface area contributed by atoms with E-state index in [0.717, 1.165) is 34.3 Å².